The lowest BCUT2D eigenvalue weighted by Crippen LogP contribution is -2.26. The molecule has 1 atom stereocenters. The van der Waals surface area contributed by atoms with E-state index < -0.39 is 0 Å². The summed E-state index contributed by atoms with van der Waals surface area (Å²) in [7, 11) is 4.17. The Bertz CT molecular complexity index is 1020. The van der Waals surface area contributed by atoms with E-state index in [4.69, 9.17) is 9.26 Å². The average molecular weight is 479 g/mol. The largest absolute Gasteiger partial charge is 0.493 e. The molecule has 2 fully saturated rings. The van der Waals surface area contributed by atoms with Gasteiger partial charge in [-0.05, 0) is 109 Å². The van der Waals surface area contributed by atoms with Gasteiger partial charge in [-0.25, -0.2) is 0 Å². The van der Waals surface area contributed by atoms with Crippen molar-refractivity contribution in [1.82, 2.24) is 15.0 Å². The molecule has 2 heterocycles. The van der Waals surface area contributed by atoms with Crippen LogP contribution in [0.4, 0.5) is 0 Å². The third-order valence-corrected chi connectivity index (χ3v) is 7.07. The molecule has 2 aromatic rings. The third-order valence-electron chi connectivity index (χ3n) is 7.07. The Morgan fingerprint density at radius 2 is 2.03 bits per heavy atom. The van der Waals surface area contributed by atoms with Crippen molar-refractivity contribution in [1.29, 1.82) is 0 Å². The van der Waals surface area contributed by atoms with Gasteiger partial charge in [-0.3, -0.25) is 9.89 Å². The highest BCUT2D eigenvalue weighted by Crippen LogP contribution is 2.35. The van der Waals surface area contributed by atoms with Crippen molar-refractivity contribution < 1.29 is 9.26 Å². The summed E-state index contributed by atoms with van der Waals surface area (Å²) in [6, 6.07) is 4.28. The van der Waals surface area contributed by atoms with Gasteiger partial charge in [-0.2, -0.15) is 0 Å². The normalized spacial score (nSPS) is 20.2. The van der Waals surface area contributed by atoms with Crippen molar-refractivity contribution in [2.24, 2.45) is 16.8 Å². The number of nitrogens with zero attached hydrogens (tertiary/aromatic N) is 4. The van der Waals surface area contributed by atoms with Gasteiger partial charge in [0.15, 0.2) is 5.58 Å². The molecule has 4 rings (SSSR count). The highest BCUT2D eigenvalue weighted by atomic mass is 16.5. The molecule has 0 amide bonds. The second-order valence-corrected chi connectivity index (χ2v) is 10.4. The monoisotopic (exact) mass is 478 g/mol. The van der Waals surface area contributed by atoms with Gasteiger partial charge in [-0.15, -0.1) is 0 Å². The summed E-state index contributed by atoms with van der Waals surface area (Å²) in [5, 5.41) is 5.67. The fraction of sp³-hybridized carbons (Fsp3) is 0.586. The van der Waals surface area contributed by atoms with Crippen molar-refractivity contribution in [3.63, 3.8) is 0 Å². The van der Waals surface area contributed by atoms with Crippen molar-refractivity contribution in [2.75, 3.05) is 40.3 Å². The Kier molecular flexibility index (Phi) is 9.55. The van der Waals surface area contributed by atoms with Gasteiger partial charge in [0.25, 0.3) is 0 Å². The lowest BCUT2D eigenvalue weighted by atomic mass is 9.93. The average Bonchev–Trinajstić information content (AvgIpc) is 3.62. The number of allylic oxidation sites excluding steroid dienone is 3. The lowest BCUT2D eigenvalue weighted by molar-refractivity contribution is 0.289. The Hall–Kier alpha value is -2.44. The van der Waals surface area contributed by atoms with E-state index in [9.17, 15) is 0 Å². The van der Waals surface area contributed by atoms with Gasteiger partial charge in [0.2, 0.25) is 0 Å². The molecular formula is C29H42N4O2. The first-order valence-corrected chi connectivity index (χ1v) is 13.3. The van der Waals surface area contributed by atoms with Gasteiger partial charge >= 0.3 is 0 Å². The molecule has 0 N–H and O–H groups in total. The van der Waals surface area contributed by atoms with Crippen molar-refractivity contribution in [2.45, 2.75) is 58.4 Å². The minimum absolute atomic E-state index is 0.728. The summed E-state index contributed by atoms with van der Waals surface area (Å²) in [5.41, 5.74) is 3.12. The zero-order valence-corrected chi connectivity index (χ0v) is 21.8. The molecule has 1 saturated heterocycles. The first-order chi connectivity index (χ1) is 17.1. The zero-order chi connectivity index (χ0) is 24.5. The van der Waals surface area contributed by atoms with Gasteiger partial charge < -0.3 is 14.2 Å². The smallest absolute Gasteiger partial charge is 0.175 e. The van der Waals surface area contributed by atoms with E-state index in [1.165, 1.54) is 38.5 Å². The summed E-state index contributed by atoms with van der Waals surface area (Å²) in [6.07, 6.45) is 18.3. The molecule has 35 heavy (non-hydrogen) atoms. The number of hydrogen-bond acceptors (Lipinski definition) is 6. The minimum atomic E-state index is 0.728. The number of fused-ring (bicyclic) bond motifs is 1. The summed E-state index contributed by atoms with van der Waals surface area (Å²) in [4.78, 5) is 9.07. The molecule has 1 saturated carbocycles. The summed E-state index contributed by atoms with van der Waals surface area (Å²) in [5.74, 6) is 2.41. The summed E-state index contributed by atoms with van der Waals surface area (Å²) >= 11 is 0. The minimum Gasteiger partial charge on any atom is -0.493 e. The van der Waals surface area contributed by atoms with E-state index in [2.05, 4.69) is 46.2 Å². The van der Waals surface area contributed by atoms with E-state index in [0.717, 1.165) is 79.0 Å². The van der Waals surface area contributed by atoms with Crippen molar-refractivity contribution in [3.8, 4) is 5.75 Å². The number of aliphatic imine (C=N–C) groups is 1. The highest BCUT2D eigenvalue weighted by molar-refractivity contribution is 5.84. The molecule has 1 unspecified atom stereocenters. The second-order valence-electron chi connectivity index (χ2n) is 10.4. The Morgan fingerprint density at radius 3 is 2.83 bits per heavy atom. The van der Waals surface area contributed by atoms with Crippen molar-refractivity contribution >= 4 is 17.2 Å². The molecule has 1 aromatic heterocycles. The molecule has 0 spiro atoms. The van der Waals surface area contributed by atoms with Crippen LogP contribution in [-0.4, -0.2) is 61.5 Å². The maximum atomic E-state index is 6.18. The van der Waals surface area contributed by atoms with E-state index in [1.54, 1.807) is 0 Å². The van der Waals surface area contributed by atoms with Crippen LogP contribution in [0.25, 0.3) is 11.0 Å². The predicted molar refractivity (Wildman–Crippen MR) is 144 cm³/mol. The van der Waals surface area contributed by atoms with Crippen LogP contribution in [0.3, 0.4) is 0 Å². The number of aryl methyl sites for hydroxylation is 1. The standard InChI is InChI=1S/C29H42N4O2/c1-4-5-6-16-30-17-20-33-18-7-8-23(15-19-33)11-13-27-25-12-14-28(34-22-24-9-10-24)26(21-32(2)3)29(25)35-31-27/h4-6,12,14,16-17,23-24H,7-11,13,15,18-22H2,1-3H3/b5-4-,16-6-,30-17?. The highest BCUT2D eigenvalue weighted by Gasteiger charge is 2.24. The van der Waals surface area contributed by atoms with Crippen LogP contribution in [0, 0.1) is 11.8 Å². The van der Waals surface area contributed by atoms with Crippen LogP contribution in [0.2, 0.25) is 0 Å². The van der Waals surface area contributed by atoms with E-state index in [1.807, 2.05) is 37.6 Å². The van der Waals surface area contributed by atoms with Gasteiger partial charge in [0.05, 0.1) is 17.9 Å². The Morgan fingerprint density at radius 1 is 1.14 bits per heavy atom. The number of hydrogen-bond donors (Lipinski definition) is 0. The van der Waals surface area contributed by atoms with Crippen LogP contribution < -0.4 is 4.74 Å². The van der Waals surface area contributed by atoms with Crippen LogP contribution in [0.5, 0.6) is 5.75 Å². The third kappa shape index (κ3) is 7.77. The maximum absolute atomic E-state index is 6.18. The molecule has 1 aliphatic carbocycles. The van der Waals surface area contributed by atoms with Crippen LogP contribution in [0.15, 0.2) is 46.1 Å². The van der Waals surface area contributed by atoms with Crippen LogP contribution in [-0.2, 0) is 13.0 Å². The molecule has 0 bridgehead atoms. The summed E-state index contributed by atoms with van der Waals surface area (Å²) < 4.78 is 12.1. The molecule has 1 aromatic carbocycles. The first-order valence-electron chi connectivity index (χ1n) is 13.3. The fourth-order valence-electron chi connectivity index (χ4n) is 4.84. The zero-order valence-electron chi connectivity index (χ0n) is 21.8. The number of likely N-dealkylation sites (tertiary alicyclic amines) is 1. The molecule has 2 aliphatic rings. The van der Waals surface area contributed by atoms with Gasteiger partial charge in [-0.1, -0.05) is 17.3 Å². The summed E-state index contributed by atoms with van der Waals surface area (Å²) in [6.45, 7) is 6.84. The molecule has 1 aliphatic heterocycles. The Balaban J connectivity index is 1.33. The quantitative estimate of drug-likeness (QED) is 0.282. The van der Waals surface area contributed by atoms with Crippen LogP contribution >= 0.6 is 0 Å². The van der Waals surface area contributed by atoms with Gasteiger partial charge in [0, 0.05) is 30.9 Å². The molecular weight excluding hydrogens is 436 g/mol. The molecule has 6 nitrogen and oxygen atoms in total. The first kappa shape index (κ1) is 25.6. The second kappa shape index (κ2) is 13.0. The van der Waals surface area contributed by atoms with Crippen molar-refractivity contribution in [3.05, 3.63) is 47.8 Å². The Labute approximate surface area is 210 Å². The number of rotatable bonds is 12. The molecule has 190 valence electrons. The number of aromatic nitrogens is 1. The molecule has 0 radical (unpaired) electrons. The maximum Gasteiger partial charge on any atom is 0.175 e. The topological polar surface area (TPSA) is 54.1 Å². The number of ether oxygens (including phenoxy) is 1. The van der Waals surface area contributed by atoms with E-state index in [0.29, 0.717) is 0 Å². The lowest BCUT2D eigenvalue weighted by Gasteiger charge is -2.17. The predicted octanol–water partition coefficient (Wildman–Crippen LogP) is 5.87. The van der Waals surface area contributed by atoms with E-state index in [-0.39, 0.29) is 0 Å². The van der Waals surface area contributed by atoms with E-state index >= 15 is 0 Å². The van der Waals surface area contributed by atoms with Crippen LogP contribution in [0.1, 0.15) is 56.7 Å². The fourth-order valence-corrected chi connectivity index (χ4v) is 4.84. The SMILES string of the molecule is C/C=C\C=C/N=CCN1CCCC(CCc2noc3c(CN(C)C)c(OCC4CC4)ccc23)CC1. The van der Waals surface area contributed by atoms with Gasteiger partial charge in [0.1, 0.15) is 5.75 Å². The molecule has 6 heteroatoms. The number of benzene rings is 1.